The lowest BCUT2D eigenvalue weighted by molar-refractivity contribution is 0.241. The van der Waals surface area contributed by atoms with Gasteiger partial charge in [-0.15, -0.1) is 0 Å². The molecule has 3 rings (SSSR count). The summed E-state index contributed by atoms with van der Waals surface area (Å²) >= 11 is 1.60. The van der Waals surface area contributed by atoms with Crippen LogP contribution in [0.5, 0.6) is 0 Å². The molecule has 6 heteroatoms. The Morgan fingerprint density at radius 3 is 2.67 bits per heavy atom. The summed E-state index contributed by atoms with van der Waals surface area (Å²) < 4.78 is 13.5. The lowest BCUT2D eigenvalue weighted by Gasteiger charge is -2.08. The Labute approximate surface area is 162 Å². The van der Waals surface area contributed by atoms with E-state index in [4.69, 9.17) is 0 Å². The summed E-state index contributed by atoms with van der Waals surface area (Å²) in [6, 6.07) is 14.8. The fourth-order valence-corrected chi connectivity index (χ4v) is 3.90. The molecule has 0 bridgehead atoms. The third-order valence-electron chi connectivity index (χ3n) is 4.43. The molecule has 1 heterocycles. The molecule has 0 aliphatic rings. The zero-order chi connectivity index (χ0) is 19.1. The molecule has 2 amide bonds. The van der Waals surface area contributed by atoms with Crippen LogP contribution in [0, 0.1) is 12.7 Å². The van der Waals surface area contributed by atoms with Crippen LogP contribution in [0.4, 0.5) is 9.18 Å². The maximum Gasteiger partial charge on any atom is 0.314 e. The molecule has 0 radical (unpaired) electrons. The van der Waals surface area contributed by atoms with Gasteiger partial charge >= 0.3 is 6.03 Å². The predicted octanol–water partition coefficient (Wildman–Crippen LogP) is 4.39. The maximum absolute atomic E-state index is 13.5. The number of aromatic amines is 1. The van der Waals surface area contributed by atoms with Crippen LogP contribution in [-0.2, 0) is 12.2 Å². The average molecular weight is 386 g/mol. The van der Waals surface area contributed by atoms with Crippen molar-refractivity contribution < 1.29 is 9.18 Å². The van der Waals surface area contributed by atoms with E-state index >= 15 is 0 Å². The first-order valence-corrected chi connectivity index (χ1v) is 10.2. The van der Waals surface area contributed by atoms with Gasteiger partial charge in [0.15, 0.2) is 0 Å². The van der Waals surface area contributed by atoms with Crippen molar-refractivity contribution in [2.75, 3.05) is 18.8 Å². The predicted molar refractivity (Wildman–Crippen MR) is 111 cm³/mol. The number of H-pyrrole nitrogens is 1. The summed E-state index contributed by atoms with van der Waals surface area (Å²) in [5.41, 5.74) is 4.21. The van der Waals surface area contributed by atoms with E-state index in [9.17, 15) is 9.18 Å². The number of carbonyl (C=O) groups excluding carboxylic acids is 1. The van der Waals surface area contributed by atoms with Gasteiger partial charge in [-0.1, -0.05) is 36.4 Å². The highest BCUT2D eigenvalue weighted by atomic mass is 32.2. The van der Waals surface area contributed by atoms with Crippen LogP contribution in [0.2, 0.25) is 0 Å². The third kappa shape index (κ3) is 5.26. The quantitative estimate of drug-likeness (QED) is 0.504. The number of urea groups is 1. The number of hydrogen-bond donors (Lipinski definition) is 3. The standard InChI is InChI=1S/C21H24FN3OS/c1-15-17(18-7-3-5-9-20(18)25-15)10-11-23-21(26)24-12-13-27-14-16-6-2-4-8-19(16)22/h2-9,25H,10-14H2,1H3,(H2,23,24,26). The second-order valence-electron chi connectivity index (χ2n) is 6.35. The largest absolute Gasteiger partial charge is 0.358 e. The summed E-state index contributed by atoms with van der Waals surface area (Å²) in [5, 5.41) is 6.95. The maximum atomic E-state index is 13.5. The number of nitrogens with one attached hydrogen (secondary N) is 3. The monoisotopic (exact) mass is 385 g/mol. The van der Waals surface area contributed by atoms with E-state index in [0.29, 0.717) is 24.4 Å². The molecular weight excluding hydrogens is 361 g/mol. The molecule has 3 aromatic rings. The Hall–Kier alpha value is -2.47. The number of aromatic nitrogens is 1. The number of aryl methyl sites for hydroxylation is 1. The van der Waals surface area contributed by atoms with Crippen molar-refractivity contribution in [3.05, 3.63) is 71.2 Å². The molecule has 0 unspecified atom stereocenters. The lowest BCUT2D eigenvalue weighted by Crippen LogP contribution is -2.37. The highest BCUT2D eigenvalue weighted by Gasteiger charge is 2.08. The zero-order valence-electron chi connectivity index (χ0n) is 15.3. The Morgan fingerprint density at radius 1 is 1.07 bits per heavy atom. The van der Waals surface area contributed by atoms with Crippen LogP contribution in [0.3, 0.4) is 0 Å². The fraction of sp³-hybridized carbons (Fsp3) is 0.286. The van der Waals surface area contributed by atoms with E-state index in [1.807, 2.05) is 18.2 Å². The Morgan fingerprint density at radius 2 is 1.81 bits per heavy atom. The minimum atomic E-state index is -0.178. The Balaban J connectivity index is 1.34. The number of amides is 2. The van der Waals surface area contributed by atoms with Gasteiger partial charge in [0.1, 0.15) is 5.82 Å². The van der Waals surface area contributed by atoms with Crippen molar-refractivity contribution in [3.63, 3.8) is 0 Å². The average Bonchev–Trinajstić information content (AvgIpc) is 2.98. The first kappa shape index (κ1) is 19.3. The van der Waals surface area contributed by atoms with Gasteiger partial charge in [0, 0.05) is 41.2 Å². The van der Waals surface area contributed by atoms with Crippen LogP contribution < -0.4 is 10.6 Å². The Bertz CT molecular complexity index is 909. The SMILES string of the molecule is Cc1[nH]c2ccccc2c1CCNC(=O)NCCSCc1ccccc1F. The summed E-state index contributed by atoms with van der Waals surface area (Å²) in [6.07, 6.45) is 0.783. The second kappa shape index (κ2) is 9.46. The fourth-order valence-electron chi connectivity index (χ4n) is 3.05. The van der Waals surface area contributed by atoms with Gasteiger partial charge in [-0.2, -0.15) is 11.8 Å². The summed E-state index contributed by atoms with van der Waals surface area (Å²) in [4.78, 5) is 15.3. The molecule has 3 N–H and O–H groups in total. The minimum absolute atomic E-state index is 0.168. The Kier molecular flexibility index (Phi) is 6.76. The van der Waals surface area contributed by atoms with Crippen LogP contribution in [-0.4, -0.2) is 29.9 Å². The first-order chi connectivity index (χ1) is 13.1. The van der Waals surface area contributed by atoms with Crippen LogP contribution >= 0.6 is 11.8 Å². The molecular formula is C21H24FN3OS. The molecule has 0 spiro atoms. The van der Waals surface area contributed by atoms with Crippen molar-refractivity contribution in [2.45, 2.75) is 19.1 Å². The summed E-state index contributed by atoms with van der Waals surface area (Å²) in [5.74, 6) is 1.17. The van der Waals surface area contributed by atoms with Gasteiger partial charge in [0.25, 0.3) is 0 Å². The number of thioether (sulfide) groups is 1. The highest BCUT2D eigenvalue weighted by Crippen LogP contribution is 2.21. The molecule has 2 aromatic carbocycles. The van der Waals surface area contributed by atoms with Crippen molar-refractivity contribution in [1.82, 2.24) is 15.6 Å². The van der Waals surface area contributed by atoms with Crippen LogP contribution in [0.15, 0.2) is 48.5 Å². The molecule has 142 valence electrons. The molecule has 0 aliphatic heterocycles. The molecule has 1 aromatic heterocycles. The molecule has 0 fully saturated rings. The number of para-hydroxylation sites is 1. The van der Waals surface area contributed by atoms with Crippen molar-refractivity contribution in [2.24, 2.45) is 0 Å². The lowest BCUT2D eigenvalue weighted by atomic mass is 10.1. The minimum Gasteiger partial charge on any atom is -0.358 e. The first-order valence-electron chi connectivity index (χ1n) is 9.04. The number of halogens is 1. The van der Waals surface area contributed by atoms with Gasteiger partial charge < -0.3 is 15.6 Å². The number of fused-ring (bicyclic) bond motifs is 1. The highest BCUT2D eigenvalue weighted by molar-refractivity contribution is 7.98. The molecule has 0 atom stereocenters. The van der Waals surface area contributed by atoms with E-state index in [1.54, 1.807) is 23.9 Å². The van der Waals surface area contributed by atoms with E-state index in [-0.39, 0.29) is 11.8 Å². The van der Waals surface area contributed by atoms with Gasteiger partial charge in [-0.25, -0.2) is 9.18 Å². The van der Waals surface area contributed by atoms with E-state index in [2.05, 4.69) is 34.7 Å². The normalized spacial score (nSPS) is 10.9. The van der Waals surface area contributed by atoms with Crippen LogP contribution in [0.25, 0.3) is 10.9 Å². The summed E-state index contributed by atoms with van der Waals surface area (Å²) in [7, 11) is 0. The van der Waals surface area contributed by atoms with E-state index < -0.39 is 0 Å². The van der Waals surface area contributed by atoms with Crippen molar-refractivity contribution in [1.29, 1.82) is 0 Å². The van der Waals surface area contributed by atoms with Crippen LogP contribution in [0.1, 0.15) is 16.8 Å². The molecule has 4 nitrogen and oxygen atoms in total. The van der Waals surface area contributed by atoms with Crippen molar-refractivity contribution in [3.8, 4) is 0 Å². The third-order valence-corrected chi connectivity index (χ3v) is 5.44. The zero-order valence-corrected chi connectivity index (χ0v) is 16.2. The smallest absolute Gasteiger partial charge is 0.314 e. The number of carbonyl (C=O) groups is 1. The van der Waals surface area contributed by atoms with E-state index in [0.717, 1.165) is 23.4 Å². The number of hydrogen-bond acceptors (Lipinski definition) is 2. The topological polar surface area (TPSA) is 56.9 Å². The van der Waals surface area contributed by atoms with E-state index in [1.165, 1.54) is 17.0 Å². The molecule has 0 saturated heterocycles. The van der Waals surface area contributed by atoms with Gasteiger partial charge in [0.2, 0.25) is 0 Å². The number of rotatable bonds is 8. The van der Waals surface area contributed by atoms with Gasteiger partial charge in [-0.3, -0.25) is 0 Å². The van der Waals surface area contributed by atoms with Crippen molar-refractivity contribution >= 4 is 28.7 Å². The molecule has 0 aliphatic carbocycles. The molecule has 0 saturated carbocycles. The summed E-state index contributed by atoms with van der Waals surface area (Å²) in [6.45, 7) is 3.19. The van der Waals surface area contributed by atoms with Gasteiger partial charge in [-0.05, 0) is 36.6 Å². The second-order valence-corrected chi connectivity index (χ2v) is 7.46. The number of benzene rings is 2. The molecule has 27 heavy (non-hydrogen) atoms. The van der Waals surface area contributed by atoms with Gasteiger partial charge in [0.05, 0.1) is 0 Å².